The van der Waals surface area contributed by atoms with Gasteiger partial charge < -0.3 is 35.1 Å². The van der Waals surface area contributed by atoms with Crippen LogP contribution in [0.2, 0.25) is 5.02 Å². The van der Waals surface area contributed by atoms with Crippen molar-refractivity contribution in [1.29, 1.82) is 0 Å². The SMILES string of the molecule is COc1cc(C(=O)NC[C@](O)(c2cc3c(c(-c4cc5c(cc4Cl)OC(F)(F)O5)n2)OC[C@]3(C)C(N)=O)C2CC2)cc2cn(C3CC3)nc12. The number of halogens is 3. The maximum absolute atomic E-state index is 13.9. The highest BCUT2D eigenvalue weighted by Crippen LogP contribution is 2.53. The molecule has 4 N–H and O–H groups in total. The summed E-state index contributed by atoms with van der Waals surface area (Å²) >= 11 is 6.57. The summed E-state index contributed by atoms with van der Waals surface area (Å²) in [6.45, 7) is 1.23. The molecule has 0 unspecified atom stereocenters. The Kier molecular flexibility index (Phi) is 6.64. The van der Waals surface area contributed by atoms with Crippen molar-refractivity contribution in [1.82, 2.24) is 20.1 Å². The highest BCUT2D eigenvalue weighted by molar-refractivity contribution is 6.33. The molecular weight excluding hydrogens is 652 g/mol. The first-order valence-corrected chi connectivity index (χ1v) is 15.8. The zero-order chi connectivity index (χ0) is 33.7. The number of alkyl halides is 2. The molecule has 2 fully saturated rings. The Labute approximate surface area is 277 Å². The maximum atomic E-state index is 13.9. The molecule has 2 amide bonds. The van der Waals surface area contributed by atoms with E-state index < -0.39 is 29.1 Å². The van der Waals surface area contributed by atoms with Crippen LogP contribution < -0.4 is 30.0 Å². The Balaban J connectivity index is 1.18. The summed E-state index contributed by atoms with van der Waals surface area (Å²) in [6, 6.07) is 7.63. The van der Waals surface area contributed by atoms with Crippen LogP contribution in [-0.4, -0.2) is 58.2 Å². The standard InChI is InChI=1S/C33H30ClF2N5O7/c1-31(30(37)43)14-46-28-20(31)10-25(39-27(28)19-9-22-23(11-21(19)34)48-33(35,36)47-22)32(44,17-3-4-17)13-38-29(42)15-7-16-12-41(18-5-6-18)40-26(16)24(8-15)45-2/h7-12,17-18,44H,3-6,13-14H2,1-2H3,(H2,37,43)(H,38,42)/t31-,32+/m0/s1. The highest BCUT2D eigenvalue weighted by atomic mass is 35.5. The minimum atomic E-state index is -3.89. The van der Waals surface area contributed by atoms with Gasteiger partial charge in [-0.2, -0.15) is 5.10 Å². The first-order chi connectivity index (χ1) is 22.8. The molecular formula is C33H30ClF2N5O7. The molecule has 2 saturated carbocycles. The Morgan fingerprint density at radius 3 is 2.56 bits per heavy atom. The van der Waals surface area contributed by atoms with Crippen LogP contribution in [0.25, 0.3) is 22.2 Å². The van der Waals surface area contributed by atoms with Crippen molar-refractivity contribution < 1.29 is 42.4 Å². The summed E-state index contributed by atoms with van der Waals surface area (Å²) < 4.78 is 50.4. The predicted molar refractivity (Wildman–Crippen MR) is 166 cm³/mol. The molecule has 0 radical (unpaired) electrons. The number of aliphatic hydroxyl groups is 1. The van der Waals surface area contributed by atoms with Crippen LogP contribution in [0, 0.1) is 5.92 Å². The van der Waals surface area contributed by atoms with Crippen LogP contribution >= 0.6 is 11.6 Å². The average molecular weight is 682 g/mol. The number of methoxy groups -OCH3 is 1. The van der Waals surface area contributed by atoms with Gasteiger partial charge in [0.2, 0.25) is 5.91 Å². The Hall–Kier alpha value is -4.69. The Bertz CT molecular complexity index is 2050. The van der Waals surface area contributed by atoms with Gasteiger partial charge >= 0.3 is 6.29 Å². The second kappa shape index (κ2) is 10.4. The number of nitrogens with two attached hydrogens (primary N) is 1. The van der Waals surface area contributed by atoms with Crippen LogP contribution in [0.5, 0.6) is 23.0 Å². The minimum absolute atomic E-state index is 0.0178. The summed E-state index contributed by atoms with van der Waals surface area (Å²) in [4.78, 5) is 31.1. The van der Waals surface area contributed by atoms with E-state index in [1.165, 1.54) is 19.2 Å². The molecule has 2 atom stereocenters. The van der Waals surface area contributed by atoms with Gasteiger partial charge in [0.05, 0.1) is 30.4 Å². The van der Waals surface area contributed by atoms with E-state index in [1.54, 1.807) is 25.1 Å². The second-order valence-electron chi connectivity index (χ2n) is 13.0. The van der Waals surface area contributed by atoms with Gasteiger partial charge in [-0.15, -0.1) is 8.78 Å². The number of pyridine rings is 1. The molecule has 2 aliphatic heterocycles. The van der Waals surface area contributed by atoms with Crippen LogP contribution in [-0.2, 0) is 15.8 Å². The highest BCUT2D eigenvalue weighted by Gasteiger charge is 2.51. The van der Waals surface area contributed by atoms with Crippen molar-refractivity contribution in [2.45, 2.75) is 56.0 Å². The monoisotopic (exact) mass is 681 g/mol. The largest absolute Gasteiger partial charge is 0.586 e. The number of rotatable bonds is 9. The molecule has 0 saturated heterocycles. The van der Waals surface area contributed by atoms with E-state index in [9.17, 15) is 23.5 Å². The van der Waals surface area contributed by atoms with E-state index in [-0.39, 0.29) is 58.3 Å². The lowest BCUT2D eigenvalue weighted by Gasteiger charge is -2.30. The zero-order valence-electron chi connectivity index (χ0n) is 25.8. The number of amides is 2. The van der Waals surface area contributed by atoms with Gasteiger partial charge in [-0.3, -0.25) is 14.3 Å². The summed E-state index contributed by atoms with van der Waals surface area (Å²) in [5, 5.41) is 20.5. The van der Waals surface area contributed by atoms with Crippen LogP contribution in [0.4, 0.5) is 8.78 Å². The number of nitrogens with zero attached hydrogens (tertiary/aromatic N) is 3. The van der Waals surface area contributed by atoms with Crippen LogP contribution in [0.3, 0.4) is 0 Å². The number of fused-ring (bicyclic) bond motifs is 3. The fraction of sp³-hybridized carbons (Fsp3) is 0.394. The second-order valence-corrected chi connectivity index (χ2v) is 13.4. The summed E-state index contributed by atoms with van der Waals surface area (Å²) in [7, 11) is 1.51. The van der Waals surface area contributed by atoms with E-state index >= 15 is 0 Å². The van der Waals surface area contributed by atoms with Gasteiger partial charge in [-0.1, -0.05) is 11.6 Å². The van der Waals surface area contributed by atoms with Crippen LogP contribution in [0.1, 0.15) is 60.3 Å². The number of benzene rings is 2. The summed E-state index contributed by atoms with van der Waals surface area (Å²) in [5.41, 5.74) is 4.43. The van der Waals surface area contributed by atoms with E-state index in [0.29, 0.717) is 41.3 Å². The Morgan fingerprint density at radius 1 is 1.17 bits per heavy atom. The third-order valence-electron chi connectivity index (χ3n) is 9.57. The smallest absolute Gasteiger partial charge is 0.494 e. The predicted octanol–water partition coefficient (Wildman–Crippen LogP) is 4.58. The van der Waals surface area contributed by atoms with Gasteiger partial charge in [0.1, 0.15) is 40.3 Å². The van der Waals surface area contributed by atoms with Gasteiger partial charge in [-0.05, 0) is 62.8 Å². The normalized spacial score (nSPS) is 21.8. The first kappa shape index (κ1) is 30.6. The molecule has 0 bridgehead atoms. The van der Waals surface area contributed by atoms with E-state index in [1.807, 2.05) is 10.9 Å². The number of primary amides is 1. The molecule has 48 heavy (non-hydrogen) atoms. The Morgan fingerprint density at radius 2 is 1.90 bits per heavy atom. The van der Waals surface area contributed by atoms with Crippen molar-refractivity contribution in [2.75, 3.05) is 20.3 Å². The molecule has 4 heterocycles. The van der Waals surface area contributed by atoms with Gasteiger partial charge in [0.15, 0.2) is 11.5 Å². The molecule has 12 nitrogen and oxygen atoms in total. The summed E-state index contributed by atoms with van der Waals surface area (Å²) in [5.74, 6) is -1.38. The number of aromatic nitrogens is 3. The number of ether oxygens (including phenoxy) is 4. The van der Waals surface area contributed by atoms with E-state index in [0.717, 1.165) is 18.2 Å². The number of hydrogen-bond donors (Lipinski definition) is 3. The fourth-order valence-corrected chi connectivity index (χ4v) is 6.64. The quantitative estimate of drug-likeness (QED) is 0.230. The minimum Gasteiger partial charge on any atom is -0.494 e. The third kappa shape index (κ3) is 4.88. The van der Waals surface area contributed by atoms with Gasteiger partial charge in [-0.25, -0.2) is 4.98 Å². The number of carbonyl (C=O) groups excluding carboxylic acids is 2. The fourth-order valence-electron chi connectivity index (χ4n) is 6.40. The molecule has 4 aromatic rings. The third-order valence-corrected chi connectivity index (χ3v) is 9.88. The topological polar surface area (TPSA) is 160 Å². The van der Waals surface area contributed by atoms with Crippen molar-refractivity contribution in [2.24, 2.45) is 11.7 Å². The van der Waals surface area contributed by atoms with Crippen molar-refractivity contribution in [3.63, 3.8) is 0 Å². The lowest BCUT2D eigenvalue weighted by Crippen LogP contribution is -2.44. The van der Waals surface area contributed by atoms with Crippen molar-refractivity contribution >= 4 is 34.3 Å². The molecule has 2 aromatic heterocycles. The molecule has 8 rings (SSSR count). The molecule has 250 valence electrons. The van der Waals surface area contributed by atoms with Gasteiger partial charge in [0, 0.05) is 34.3 Å². The van der Waals surface area contributed by atoms with Crippen LogP contribution in [0.15, 0.2) is 36.5 Å². The van der Waals surface area contributed by atoms with E-state index in [4.69, 9.17) is 31.8 Å². The molecule has 0 spiro atoms. The molecule has 15 heteroatoms. The summed E-state index contributed by atoms with van der Waals surface area (Å²) in [6.07, 6.45) is 1.38. The maximum Gasteiger partial charge on any atom is 0.586 e. The first-order valence-electron chi connectivity index (χ1n) is 15.5. The zero-order valence-corrected chi connectivity index (χ0v) is 26.6. The van der Waals surface area contributed by atoms with Gasteiger partial charge in [0.25, 0.3) is 5.91 Å². The lowest BCUT2D eigenvalue weighted by molar-refractivity contribution is -0.286. The number of carbonyl (C=O) groups is 2. The lowest BCUT2D eigenvalue weighted by atomic mass is 9.81. The van der Waals surface area contributed by atoms with Crippen molar-refractivity contribution in [3.8, 4) is 34.3 Å². The molecule has 4 aliphatic rings. The number of nitrogens with one attached hydrogen (secondary N) is 1. The molecule has 2 aromatic carbocycles. The number of hydrogen-bond acceptors (Lipinski definition) is 9. The van der Waals surface area contributed by atoms with Crippen molar-refractivity contribution in [3.05, 3.63) is 58.4 Å². The average Bonchev–Trinajstić information content (AvgIpc) is 3.98. The van der Waals surface area contributed by atoms with E-state index in [2.05, 4.69) is 19.9 Å². The molecule has 2 aliphatic carbocycles.